The molecule has 2 aromatic carbocycles. The van der Waals surface area contributed by atoms with Crippen LogP contribution >= 0.6 is 11.8 Å². The summed E-state index contributed by atoms with van der Waals surface area (Å²) in [4.78, 5) is 36.0. The third kappa shape index (κ3) is 7.68. The number of nitrogens with one attached hydrogen (secondary N) is 3. The molecule has 8 heteroatoms. The maximum Gasteiger partial charge on any atom is 0.243 e. The molecule has 1 unspecified atom stereocenters. The summed E-state index contributed by atoms with van der Waals surface area (Å²) in [5, 5.41) is 7.25. The van der Waals surface area contributed by atoms with Crippen molar-refractivity contribution in [2.75, 3.05) is 22.9 Å². The summed E-state index contributed by atoms with van der Waals surface area (Å²) in [5.74, 6) is 1.05. The zero-order valence-corrected chi connectivity index (χ0v) is 16.5. The largest absolute Gasteiger partial charge is 0.346 e. The Morgan fingerprint density at radius 1 is 1.07 bits per heavy atom. The summed E-state index contributed by atoms with van der Waals surface area (Å²) in [6.45, 7) is 1.44. The number of terminal acetylenes is 1. The fourth-order valence-corrected chi connectivity index (χ4v) is 2.92. The highest BCUT2D eigenvalue weighted by Crippen LogP contribution is 2.13. The lowest BCUT2D eigenvalue weighted by Crippen LogP contribution is -2.37. The molecule has 6 nitrogen and oxygen atoms in total. The molecule has 1 atom stereocenters. The average Bonchev–Trinajstić information content (AvgIpc) is 2.72. The van der Waals surface area contributed by atoms with E-state index in [1.54, 1.807) is 31.2 Å². The smallest absolute Gasteiger partial charge is 0.243 e. The number of hydrogen-bond donors (Lipinski definition) is 3. The van der Waals surface area contributed by atoms with Crippen LogP contribution in [0.25, 0.3) is 0 Å². The fourth-order valence-electron chi connectivity index (χ4n) is 2.21. The lowest BCUT2D eigenvalue weighted by molar-refractivity contribution is -0.123. The van der Waals surface area contributed by atoms with Crippen molar-refractivity contribution >= 4 is 40.9 Å². The molecule has 0 aliphatic carbocycles. The summed E-state index contributed by atoms with van der Waals surface area (Å²) in [6.07, 6.45) is 5.31. The number of anilines is 2. The first-order chi connectivity index (χ1) is 13.9. The minimum absolute atomic E-state index is 0.0387. The number of carbonyl (C=O) groups excluding carboxylic acids is 3. The Bertz CT molecular complexity index is 926. The standard InChI is InChI=1S/C21H20FN3O3S/c1-3-15-5-4-6-18(11-15)25-19(26)12-23-21(28)14(2)29-13-20(27)24-17-9-7-16(22)8-10-17/h1,4-11,14H,12-13H2,2H3,(H,23,28)(H,24,27)(H,25,26). The molecule has 0 radical (unpaired) electrons. The van der Waals surface area contributed by atoms with Crippen LogP contribution in [0.4, 0.5) is 15.8 Å². The van der Waals surface area contributed by atoms with Crippen molar-refractivity contribution in [1.82, 2.24) is 5.32 Å². The molecule has 150 valence electrons. The van der Waals surface area contributed by atoms with E-state index in [9.17, 15) is 18.8 Å². The lowest BCUT2D eigenvalue weighted by Gasteiger charge is -2.12. The van der Waals surface area contributed by atoms with Gasteiger partial charge in [-0.15, -0.1) is 18.2 Å². The predicted octanol–water partition coefficient (Wildman–Crippen LogP) is 2.62. The van der Waals surface area contributed by atoms with Gasteiger partial charge in [-0.1, -0.05) is 12.0 Å². The monoisotopic (exact) mass is 413 g/mol. The van der Waals surface area contributed by atoms with E-state index in [2.05, 4.69) is 21.9 Å². The third-order valence-corrected chi connectivity index (χ3v) is 4.84. The molecule has 0 fully saturated rings. The van der Waals surface area contributed by atoms with Crippen molar-refractivity contribution in [3.05, 3.63) is 59.9 Å². The van der Waals surface area contributed by atoms with Crippen LogP contribution in [0.15, 0.2) is 48.5 Å². The van der Waals surface area contributed by atoms with Crippen LogP contribution in [-0.2, 0) is 14.4 Å². The molecule has 0 saturated carbocycles. The van der Waals surface area contributed by atoms with Gasteiger partial charge in [-0.3, -0.25) is 14.4 Å². The summed E-state index contributed by atoms with van der Waals surface area (Å²) >= 11 is 1.12. The third-order valence-electron chi connectivity index (χ3n) is 3.70. The first-order valence-corrected chi connectivity index (χ1v) is 9.73. The lowest BCUT2D eigenvalue weighted by atomic mass is 10.2. The molecule has 2 aromatic rings. The molecule has 0 aliphatic heterocycles. The van der Waals surface area contributed by atoms with Crippen molar-refractivity contribution in [2.45, 2.75) is 12.2 Å². The molecule has 0 aromatic heterocycles. The molecule has 3 N–H and O–H groups in total. The van der Waals surface area contributed by atoms with Crippen LogP contribution in [-0.4, -0.2) is 35.3 Å². The number of benzene rings is 2. The molecule has 29 heavy (non-hydrogen) atoms. The molecule has 0 saturated heterocycles. The topological polar surface area (TPSA) is 87.3 Å². The number of rotatable bonds is 8. The summed E-state index contributed by atoms with van der Waals surface area (Å²) < 4.78 is 12.9. The van der Waals surface area contributed by atoms with Gasteiger partial charge in [0.05, 0.1) is 17.5 Å². The molecular weight excluding hydrogens is 393 g/mol. The van der Waals surface area contributed by atoms with E-state index in [0.29, 0.717) is 16.9 Å². The Balaban J connectivity index is 1.71. The molecule has 3 amide bonds. The van der Waals surface area contributed by atoms with Gasteiger partial charge in [0.2, 0.25) is 17.7 Å². The normalized spacial score (nSPS) is 11.1. The Kier molecular flexibility index (Phi) is 8.25. The van der Waals surface area contributed by atoms with Gasteiger partial charge in [-0.25, -0.2) is 4.39 Å². The second kappa shape index (κ2) is 10.9. The Morgan fingerprint density at radius 3 is 2.45 bits per heavy atom. The first-order valence-electron chi connectivity index (χ1n) is 8.68. The van der Waals surface area contributed by atoms with E-state index in [4.69, 9.17) is 6.42 Å². The molecule has 0 spiro atoms. The average molecular weight is 413 g/mol. The SMILES string of the molecule is C#Cc1cccc(NC(=O)CNC(=O)C(C)SCC(=O)Nc2ccc(F)cc2)c1. The summed E-state index contributed by atoms with van der Waals surface area (Å²) in [6, 6.07) is 12.2. The van der Waals surface area contributed by atoms with Crippen LogP contribution in [0.1, 0.15) is 12.5 Å². The van der Waals surface area contributed by atoms with E-state index < -0.39 is 17.0 Å². The second-order valence-corrected chi connectivity index (χ2v) is 7.33. The number of thioether (sulfide) groups is 1. The van der Waals surface area contributed by atoms with Crippen molar-refractivity contribution in [3.8, 4) is 12.3 Å². The van der Waals surface area contributed by atoms with E-state index in [0.717, 1.165) is 11.8 Å². The van der Waals surface area contributed by atoms with Crippen molar-refractivity contribution in [1.29, 1.82) is 0 Å². The highest BCUT2D eigenvalue weighted by molar-refractivity contribution is 8.01. The molecule has 2 rings (SSSR count). The number of carbonyl (C=O) groups is 3. The van der Waals surface area contributed by atoms with Gasteiger partial charge in [0.15, 0.2) is 0 Å². The van der Waals surface area contributed by atoms with Crippen LogP contribution in [0.5, 0.6) is 0 Å². The molecule has 0 bridgehead atoms. The zero-order valence-electron chi connectivity index (χ0n) is 15.7. The molecule has 0 heterocycles. The second-order valence-electron chi connectivity index (χ2n) is 6.00. The first kappa shape index (κ1) is 22.0. The number of amides is 3. The zero-order chi connectivity index (χ0) is 21.2. The van der Waals surface area contributed by atoms with Crippen molar-refractivity contribution in [3.63, 3.8) is 0 Å². The quantitative estimate of drug-likeness (QED) is 0.581. The predicted molar refractivity (Wildman–Crippen MR) is 113 cm³/mol. The van der Waals surface area contributed by atoms with Crippen molar-refractivity contribution in [2.24, 2.45) is 0 Å². The van der Waals surface area contributed by atoms with E-state index in [1.807, 2.05) is 0 Å². The maximum atomic E-state index is 12.9. The Morgan fingerprint density at radius 2 is 1.76 bits per heavy atom. The van der Waals surface area contributed by atoms with Gasteiger partial charge >= 0.3 is 0 Å². The van der Waals surface area contributed by atoms with Crippen LogP contribution < -0.4 is 16.0 Å². The fraction of sp³-hybridized carbons (Fsp3) is 0.190. The van der Waals surface area contributed by atoms with Gasteiger partial charge in [0.25, 0.3) is 0 Å². The molecule has 0 aliphatic rings. The minimum atomic E-state index is -0.536. The maximum absolute atomic E-state index is 12.9. The highest BCUT2D eigenvalue weighted by Gasteiger charge is 2.16. The number of halogens is 1. The van der Waals surface area contributed by atoms with E-state index >= 15 is 0 Å². The number of hydrogen-bond acceptors (Lipinski definition) is 4. The van der Waals surface area contributed by atoms with Gasteiger partial charge in [-0.2, -0.15) is 0 Å². The van der Waals surface area contributed by atoms with Gasteiger partial charge < -0.3 is 16.0 Å². The summed E-state index contributed by atoms with van der Waals surface area (Å²) in [7, 11) is 0. The Labute approximate surface area is 172 Å². The molecular formula is C21H20FN3O3S. The van der Waals surface area contributed by atoms with Gasteiger partial charge in [-0.05, 0) is 49.4 Å². The van der Waals surface area contributed by atoms with E-state index in [-0.39, 0.29) is 24.1 Å². The van der Waals surface area contributed by atoms with E-state index in [1.165, 1.54) is 24.3 Å². The van der Waals surface area contributed by atoms with Crippen LogP contribution in [0.2, 0.25) is 0 Å². The highest BCUT2D eigenvalue weighted by atomic mass is 32.2. The van der Waals surface area contributed by atoms with Crippen LogP contribution in [0.3, 0.4) is 0 Å². The van der Waals surface area contributed by atoms with Crippen molar-refractivity contribution < 1.29 is 18.8 Å². The van der Waals surface area contributed by atoms with Gasteiger partial charge in [0.1, 0.15) is 5.82 Å². The summed E-state index contributed by atoms with van der Waals surface area (Å²) in [5.41, 5.74) is 1.65. The Hall–Kier alpha value is -3.31. The minimum Gasteiger partial charge on any atom is -0.346 e. The van der Waals surface area contributed by atoms with Crippen LogP contribution in [0, 0.1) is 18.2 Å². The van der Waals surface area contributed by atoms with Gasteiger partial charge in [0, 0.05) is 16.9 Å².